The highest BCUT2D eigenvalue weighted by Crippen LogP contribution is 2.27. The van der Waals surface area contributed by atoms with Crippen molar-refractivity contribution in [2.24, 2.45) is 5.73 Å². The van der Waals surface area contributed by atoms with Crippen molar-refractivity contribution >= 4 is 46.2 Å². The van der Waals surface area contributed by atoms with Gasteiger partial charge < -0.3 is 10.6 Å². The van der Waals surface area contributed by atoms with Crippen LogP contribution in [0.25, 0.3) is 22.0 Å². The molecule has 2 unspecified atom stereocenters. The number of aromatic nitrogens is 6. The van der Waals surface area contributed by atoms with E-state index in [2.05, 4.69) is 30.6 Å². The van der Waals surface area contributed by atoms with E-state index < -0.39 is 35.5 Å². The number of hydrogen-bond acceptors (Lipinski definition) is 8. The SMILES string of the molecule is NC(=O)c1nn(CC(=O)N2CC(F)CC2C(=O)Nc2nc(Cl)cc(=O)[nH]2)c2ccc(-c3ccnnc3)cc12. The lowest BCUT2D eigenvalue weighted by Crippen LogP contribution is -2.45. The van der Waals surface area contributed by atoms with Crippen LogP contribution in [0.3, 0.4) is 0 Å². The molecule has 1 saturated heterocycles. The molecule has 15 heteroatoms. The predicted octanol–water partition coefficient (Wildman–Crippen LogP) is 0.907. The quantitative estimate of drug-likeness (QED) is 0.302. The molecule has 1 aromatic carbocycles. The standard InChI is InChI=1S/C23H19ClFN9O4/c24-17-7-18(35)30-23(29-17)31-22(38)16-6-13(25)9-33(16)19(36)10-34-15-2-1-11(12-3-4-27-28-8-12)5-14(15)20(32-34)21(26)37/h1-5,7-8,13,16H,6,9-10H2,(H2,26,37)(H2,29,30,31,35,38). The van der Waals surface area contributed by atoms with Crippen molar-refractivity contribution in [2.45, 2.75) is 25.2 Å². The minimum Gasteiger partial charge on any atom is -0.364 e. The highest BCUT2D eigenvalue weighted by Gasteiger charge is 2.40. The Morgan fingerprint density at radius 3 is 2.71 bits per heavy atom. The molecule has 0 radical (unpaired) electrons. The number of halogens is 2. The number of H-pyrrole nitrogens is 1. The number of aromatic amines is 1. The number of nitrogens with zero attached hydrogens (tertiary/aromatic N) is 6. The Kier molecular flexibility index (Phi) is 6.55. The van der Waals surface area contributed by atoms with Gasteiger partial charge in [-0.25, -0.2) is 9.37 Å². The summed E-state index contributed by atoms with van der Waals surface area (Å²) in [7, 11) is 0. The number of carbonyl (C=O) groups excluding carboxylic acids is 3. The van der Waals surface area contributed by atoms with Gasteiger partial charge in [-0.05, 0) is 23.8 Å². The van der Waals surface area contributed by atoms with Gasteiger partial charge in [-0.1, -0.05) is 17.7 Å². The zero-order valence-electron chi connectivity index (χ0n) is 19.5. The molecule has 0 saturated carbocycles. The van der Waals surface area contributed by atoms with Crippen molar-refractivity contribution in [2.75, 3.05) is 11.9 Å². The Balaban J connectivity index is 1.41. The summed E-state index contributed by atoms with van der Waals surface area (Å²) >= 11 is 5.75. The molecular formula is C23H19ClFN9O4. The van der Waals surface area contributed by atoms with E-state index in [1.165, 1.54) is 10.9 Å². The topological polar surface area (TPSA) is 182 Å². The van der Waals surface area contributed by atoms with Crippen LogP contribution in [-0.2, 0) is 16.1 Å². The first-order chi connectivity index (χ1) is 18.2. The van der Waals surface area contributed by atoms with E-state index in [9.17, 15) is 23.6 Å². The average Bonchev–Trinajstić information content (AvgIpc) is 3.44. The number of likely N-dealkylation sites (tertiary alicyclic amines) is 1. The highest BCUT2D eigenvalue weighted by atomic mass is 35.5. The maximum Gasteiger partial charge on any atom is 0.269 e. The molecule has 0 spiro atoms. The molecule has 3 aromatic heterocycles. The summed E-state index contributed by atoms with van der Waals surface area (Å²) in [6.07, 6.45) is 1.38. The molecule has 3 amide bonds. The molecule has 1 fully saturated rings. The first-order valence-electron chi connectivity index (χ1n) is 11.3. The maximum absolute atomic E-state index is 14.4. The summed E-state index contributed by atoms with van der Waals surface area (Å²) in [6, 6.07) is 6.71. The molecule has 1 aliphatic heterocycles. The van der Waals surface area contributed by atoms with Gasteiger partial charge in [0.25, 0.3) is 11.5 Å². The Morgan fingerprint density at radius 1 is 1.18 bits per heavy atom. The van der Waals surface area contributed by atoms with E-state index in [0.717, 1.165) is 22.1 Å². The minimum atomic E-state index is -1.45. The van der Waals surface area contributed by atoms with Crippen LogP contribution in [0.5, 0.6) is 0 Å². The van der Waals surface area contributed by atoms with E-state index >= 15 is 0 Å². The van der Waals surface area contributed by atoms with Gasteiger partial charge in [-0.2, -0.15) is 15.3 Å². The van der Waals surface area contributed by atoms with Crippen LogP contribution in [0.15, 0.2) is 47.5 Å². The molecule has 5 rings (SSSR count). The summed E-state index contributed by atoms with van der Waals surface area (Å²) in [6.45, 7) is -0.708. The third-order valence-corrected chi connectivity index (χ3v) is 6.21. The molecule has 4 aromatic rings. The third kappa shape index (κ3) is 4.93. The first kappa shape index (κ1) is 25.0. The number of primary amides is 1. The normalized spacial score (nSPS) is 17.1. The maximum atomic E-state index is 14.4. The Hall–Kier alpha value is -4.72. The fraction of sp³-hybridized carbons (Fsp3) is 0.217. The van der Waals surface area contributed by atoms with Crippen molar-refractivity contribution in [3.63, 3.8) is 0 Å². The van der Waals surface area contributed by atoms with E-state index in [0.29, 0.717) is 10.9 Å². The Morgan fingerprint density at radius 2 is 2.00 bits per heavy atom. The van der Waals surface area contributed by atoms with Crippen LogP contribution in [0.1, 0.15) is 16.9 Å². The van der Waals surface area contributed by atoms with Crippen LogP contribution in [0.4, 0.5) is 10.3 Å². The number of amides is 3. The highest BCUT2D eigenvalue weighted by molar-refractivity contribution is 6.29. The molecule has 1 aliphatic rings. The molecule has 4 N–H and O–H groups in total. The van der Waals surface area contributed by atoms with E-state index in [1.54, 1.807) is 30.5 Å². The van der Waals surface area contributed by atoms with Gasteiger partial charge in [0.15, 0.2) is 5.69 Å². The monoisotopic (exact) mass is 539 g/mol. The smallest absolute Gasteiger partial charge is 0.269 e. The van der Waals surface area contributed by atoms with Gasteiger partial charge in [-0.15, -0.1) is 0 Å². The number of alkyl halides is 1. The van der Waals surface area contributed by atoms with Crippen LogP contribution in [0, 0.1) is 0 Å². The van der Waals surface area contributed by atoms with Gasteiger partial charge in [-0.3, -0.25) is 34.2 Å². The lowest BCUT2D eigenvalue weighted by Gasteiger charge is -2.23. The summed E-state index contributed by atoms with van der Waals surface area (Å²) in [5, 5.41) is 14.4. The van der Waals surface area contributed by atoms with Gasteiger partial charge in [0.05, 0.1) is 24.5 Å². The minimum absolute atomic E-state index is 0.0493. The number of benzene rings is 1. The number of hydrogen-bond donors (Lipinski definition) is 3. The number of rotatable bonds is 6. The molecule has 38 heavy (non-hydrogen) atoms. The fourth-order valence-corrected chi connectivity index (χ4v) is 4.52. The Bertz CT molecular complexity index is 1620. The predicted molar refractivity (Wildman–Crippen MR) is 133 cm³/mol. The zero-order valence-corrected chi connectivity index (χ0v) is 20.2. The third-order valence-electron chi connectivity index (χ3n) is 6.01. The molecule has 194 valence electrons. The van der Waals surface area contributed by atoms with E-state index in [-0.39, 0.29) is 36.3 Å². The van der Waals surface area contributed by atoms with Crippen LogP contribution in [-0.4, -0.2) is 71.3 Å². The van der Waals surface area contributed by atoms with E-state index in [4.69, 9.17) is 17.3 Å². The molecular weight excluding hydrogens is 521 g/mol. The second-order valence-corrected chi connectivity index (χ2v) is 8.92. The summed E-state index contributed by atoms with van der Waals surface area (Å²) in [5.41, 5.74) is 6.80. The molecule has 0 aliphatic carbocycles. The number of nitrogens with two attached hydrogens (primary N) is 1. The number of fused-ring (bicyclic) bond motifs is 1. The van der Waals surface area contributed by atoms with Crippen LogP contribution in [0.2, 0.25) is 5.15 Å². The summed E-state index contributed by atoms with van der Waals surface area (Å²) in [5.74, 6) is -2.38. The largest absolute Gasteiger partial charge is 0.364 e. The Labute approximate surface area is 217 Å². The fourth-order valence-electron chi connectivity index (χ4n) is 4.34. The van der Waals surface area contributed by atoms with Crippen molar-refractivity contribution in [3.05, 3.63) is 63.9 Å². The lowest BCUT2D eigenvalue weighted by molar-refractivity contribution is -0.137. The summed E-state index contributed by atoms with van der Waals surface area (Å²) < 4.78 is 15.6. The first-order valence-corrected chi connectivity index (χ1v) is 11.7. The number of carbonyl (C=O) groups is 3. The van der Waals surface area contributed by atoms with Gasteiger partial charge >= 0.3 is 0 Å². The number of anilines is 1. The second kappa shape index (κ2) is 9.97. The number of nitrogens with one attached hydrogen (secondary N) is 2. The van der Waals surface area contributed by atoms with Gasteiger partial charge in [0.1, 0.15) is 23.9 Å². The van der Waals surface area contributed by atoms with Gasteiger partial charge in [0, 0.05) is 23.4 Å². The van der Waals surface area contributed by atoms with Crippen molar-refractivity contribution in [3.8, 4) is 11.1 Å². The van der Waals surface area contributed by atoms with Crippen molar-refractivity contribution in [1.29, 1.82) is 0 Å². The lowest BCUT2D eigenvalue weighted by atomic mass is 10.0. The summed E-state index contributed by atoms with van der Waals surface area (Å²) in [4.78, 5) is 57.0. The van der Waals surface area contributed by atoms with Crippen LogP contribution < -0.4 is 16.6 Å². The average molecular weight is 540 g/mol. The molecule has 13 nitrogen and oxygen atoms in total. The van der Waals surface area contributed by atoms with Crippen LogP contribution >= 0.6 is 11.6 Å². The van der Waals surface area contributed by atoms with Crippen molar-refractivity contribution < 1.29 is 18.8 Å². The molecule has 4 heterocycles. The van der Waals surface area contributed by atoms with Gasteiger partial charge in [0.2, 0.25) is 17.8 Å². The van der Waals surface area contributed by atoms with Crippen molar-refractivity contribution in [1.82, 2.24) is 34.8 Å². The molecule has 0 bridgehead atoms. The second-order valence-electron chi connectivity index (χ2n) is 8.53. The van der Waals surface area contributed by atoms with E-state index in [1.807, 2.05) is 0 Å². The molecule has 2 atom stereocenters. The zero-order chi connectivity index (χ0) is 27.0.